The molecule has 1 aliphatic heterocycles. The first-order valence-corrected chi connectivity index (χ1v) is 7.78. The van der Waals surface area contributed by atoms with Crippen LogP contribution in [-0.2, 0) is 19.0 Å². The van der Waals surface area contributed by atoms with Gasteiger partial charge in [0.1, 0.15) is 5.76 Å². The van der Waals surface area contributed by atoms with Crippen LogP contribution in [0, 0.1) is 0 Å². The lowest BCUT2D eigenvalue weighted by Crippen LogP contribution is -2.63. The number of rotatable bonds is 5. The van der Waals surface area contributed by atoms with Gasteiger partial charge in [-0.1, -0.05) is 0 Å². The van der Waals surface area contributed by atoms with Gasteiger partial charge in [0.15, 0.2) is 0 Å². The van der Waals surface area contributed by atoms with Crippen molar-refractivity contribution in [1.29, 1.82) is 0 Å². The fourth-order valence-electron chi connectivity index (χ4n) is 1.84. The minimum atomic E-state index is -7.33. The normalized spacial score (nSPS) is 24.0. The van der Waals surface area contributed by atoms with Gasteiger partial charge in [-0.15, -0.1) is 0 Å². The summed E-state index contributed by atoms with van der Waals surface area (Å²) in [6.45, 7) is 2.61. The highest BCUT2D eigenvalue weighted by atomic mass is 32.2. The molecule has 14 heteroatoms. The Balaban J connectivity index is 3.27. The molecule has 0 saturated carbocycles. The van der Waals surface area contributed by atoms with Crippen LogP contribution < -0.4 is 0 Å². The van der Waals surface area contributed by atoms with E-state index < -0.39 is 57.8 Å². The van der Waals surface area contributed by atoms with Crippen LogP contribution in [0.5, 0.6) is 0 Å². The first-order valence-electron chi connectivity index (χ1n) is 6.37. The van der Waals surface area contributed by atoms with Gasteiger partial charge < -0.3 is 8.92 Å². The molecule has 4 nitrogen and oxygen atoms in total. The van der Waals surface area contributed by atoms with Crippen molar-refractivity contribution in [3.63, 3.8) is 0 Å². The van der Waals surface area contributed by atoms with E-state index in [4.69, 9.17) is 4.74 Å². The third-order valence-corrected chi connectivity index (χ3v) is 4.32. The van der Waals surface area contributed by atoms with Crippen molar-refractivity contribution in [2.75, 3.05) is 0 Å². The summed E-state index contributed by atoms with van der Waals surface area (Å²) in [4.78, 5) is 0. The molecular formula is C11H11F9O4S. The molecular weight excluding hydrogens is 399 g/mol. The van der Waals surface area contributed by atoms with E-state index in [-0.39, 0.29) is 0 Å². The topological polar surface area (TPSA) is 52.6 Å². The van der Waals surface area contributed by atoms with E-state index in [0.717, 1.165) is 6.08 Å². The zero-order chi connectivity index (χ0) is 20.1. The number of alkyl halides is 9. The summed E-state index contributed by atoms with van der Waals surface area (Å²) < 4.78 is 146. The third kappa shape index (κ3) is 3.68. The van der Waals surface area contributed by atoms with Gasteiger partial charge in [-0.05, 0) is 19.9 Å². The molecule has 0 aromatic heterocycles. The summed E-state index contributed by atoms with van der Waals surface area (Å²) in [5, 5.41) is -6.87. The Hall–Kier alpha value is -1.18. The van der Waals surface area contributed by atoms with Crippen LogP contribution in [-0.4, -0.2) is 43.9 Å². The summed E-state index contributed by atoms with van der Waals surface area (Å²) in [6.07, 6.45) is -8.58. The summed E-state index contributed by atoms with van der Waals surface area (Å²) in [5.74, 6) is -15.5. The predicted octanol–water partition coefficient (Wildman–Crippen LogP) is 3.84. The van der Waals surface area contributed by atoms with Crippen LogP contribution in [0.15, 0.2) is 11.8 Å². The van der Waals surface area contributed by atoms with Crippen molar-refractivity contribution in [3.8, 4) is 0 Å². The van der Waals surface area contributed by atoms with E-state index in [1.807, 2.05) is 0 Å². The zero-order valence-electron chi connectivity index (χ0n) is 12.4. The largest absolute Gasteiger partial charge is 0.460 e. The van der Waals surface area contributed by atoms with Crippen LogP contribution in [0.3, 0.4) is 0 Å². The van der Waals surface area contributed by atoms with Crippen molar-refractivity contribution in [2.45, 2.75) is 55.8 Å². The second kappa shape index (κ2) is 6.21. The highest BCUT2D eigenvalue weighted by molar-refractivity contribution is 7.88. The maximum Gasteiger partial charge on any atom is 0.460 e. The maximum absolute atomic E-state index is 13.5. The van der Waals surface area contributed by atoms with Crippen molar-refractivity contribution in [2.24, 2.45) is 0 Å². The molecule has 25 heavy (non-hydrogen) atoms. The molecule has 1 heterocycles. The summed E-state index contributed by atoms with van der Waals surface area (Å²) >= 11 is 0. The van der Waals surface area contributed by atoms with Crippen LogP contribution in [0.4, 0.5) is 39.5 Å². The Labute approximate surface area is 135 Å². The Bertz CT molecular complexity index is 638. The fraction of sp³-hybridized carbons (Fsp3) is 0.818. The molecule has 148 valence electrons. The van der Waals surface area contributed by atoms with E-state index in [0.29, 0.717) is 0 Å². The molecule has 0 fully saturated rings. The van der Waals surface area contributed by atoms with Gasteiger partial charge in [0, 0.05) is 6.42 Å². The van der Waals surface area contributed by atoms with E-state index >= 15 is 0 Å². The molecule has 0 saturated heterocycles. The van der Waals surface area contributed by atoms with E-state index in [1.54, 1.807) is 0 Å². The SMILES string of the molecule is CC1C=C(OS(=O)(=O)C(F)(F)C(F)(F)C(F)(F)C(F)(F)F)CC(C)O1. The molecule has 1 rings (SSSR count). The van der Waals surface area contributed by atoms with Gasteiger partial charge in [-0.25, -0.2) is 0 Å². The van der Waals surface area contributed by atoms with Crippen LogP contribution in [0.1, 0.15) is 20.3 Å². The molecule has 0 aliphatic carbocycles. The van der Waals surface area contributed by atoms with Gasteiger partial charge in [0.2, 0.25) is 0 Å². The number of halogens is 9. The van der Waals surface area contributed by atoms with Gasteiger partial charge in [0.25, 0.3) is 0 Å². The highest BCUT2D eigenvalue weighted by Gasteiger charge is 2.86. The Morgan fingerprint density at radius 3 is 1.88 bits per heavy atom. The monoisotopic (exact) mass is 410 g/mol. The molecule has 0 spiro atoms. The smallest absolute Gasteiger partial charge is 0.383 e. The lowest BCUT2D eigenvalue weighted by molar-refractivity contribution is -0.382. The van der Waals surface area contributed by atoms with Crippen molar-refractivity contribution in [1.82, 2.24) is 0 Å². The number of ether oxygens (including phenoxy) is 1. The molecule has 2 unspecified atom stereocenters. The molecule has 0 radical (unpaired) electrons. The molecule has 0 amide bonds. The van der Waals surface area contributed by atoms with Gasteiger partial charge >= 0.3 is 33.4 Å². The van der Waals surface area contributed by atoms with Crippen molar-refractivity contribution in [3.05, 3.63) is 11.8 Å². The highest BCUT2D eigenvalue weighted by Crippen LogP contribution is 2.55. The number of hydrogen-bond donors (Lipinski definition) is 0. The predicted molar refractivity (Wildman–Crippen MR) is 63.6 cm³/mol. The molecule has 2 atom stereocenters. The quantitative estimate of drug-likeness (QED) is 0.511. The Morgan fingerprint density at radius 1 is 1.00 bits per heavy atom. The summed E-state index contributed by atoms with van der Waals surface area (Å²) in [5.41, 5.74) is 0. The zero-order valence-corrected chi connectivity index (χ0v) is 13.2. The summed E-state index contributed by atoms with van der Waals surface area (Å²) in [7, 11) is -6.89. The molecule has 0 aromatic rings. The van der Waals surface area contributed by atoms with Gasteiger partial charge in [-0.3, -0.25) is 0 Å². The minimum absolute atomic E-state index is 0.513. The lowest BCUT2D eigenvalue weighted by Gasteiger charge is -2.33. The van der Waals surface area contributed by atoms with Crippen LogP contribution in [0.2, 0.25) is 0 Å². The Morgan fingerprint density at radius 2 is 1.48 bits per heavy atom. The number of hydrogen-bond acceptors (Lipinski definition) is 4. The molecule has 0 bridgehead atoms. The standard InChI is InChI=1S/C11H11F9O4S/c1-5-3-7(4-6(2)23-5)24-25(21,22)11(19,20)9(14,15)8(12,13)10(16,17)18/h3,5-6H,4H2,1-2H3. The van der Waals surface area contributed by atoms with Crippen molar-refractivity contribution >= 4 is 10.1 Å². The molecule has 0 N–H and O–H groups in total. The van der Waals surface area contributed by atoms with E-state index in [2.05, 4.69) is 4.18 Å². The molecule has 1 aliphatic rings. The first kappa shape index (κ1) is 21.9. The average Bonchev–Trinajstić information content (AvgIpc) is 2.34. The third-order valence-electron chi connectivity index (χ3n) is 3.00. The summed E-state index contributed by atoms with van der Waals surface area (Å²) in [6, 6.07) is 0. The first-order chi connectivity index (χ1) is 10.9. The van der Waals surface area contributed by atoms with E-state index in [1.165, 1.54) is 13.8 Å². The Kier molecular flexibility index (Phi) is 5.43. The van der Waals surface area contributed by atoms with Gasteiger partial charge in [-0.2, -0.15) is 47.9 Å². The van der Waals surface area contributed by atoms with Crippen LogP contribution in [0.25, 0.3) is 0 Å². The van der Waals surface area contributed by atoms with E-state index in [9.17, 15) is 47.9 Å². The lowest BCUT2D eigenvalue weighted by atomic mass is 10.1. The minimum Gasteiger partial charge on any atom is -0.383 e. The maximum atomic E-state index is 13.5. The van der Waals surface area contributed by atoms with Gasteiger partial charge in [0.05, 0.1) is 12.2 Å². The second-order valence-corrected chi connectivity index (χ2v) is 6.78. The average molecular weight is 410 g/mol. The fourth-order valence-corrected chi connectivity index (χ4v) is 2.79. The second-order valence-electron chi connectivity index (χ2n) is 5.19. The molecule has 0 aromatic carbocycles. The van der Waals surface area contributed by atoms with Crippen molar-refractivity contribution < 1.29 is 56.9 Å². The van der Waals surface area contributed by atoms with Crippen LogP contribution >= 0.6 is 0 Å².